The number of hydrogen-bond acceptors (Lipinski definition) is 1. The maximum absolute atomic E-state index is 7.89. The molecule has 0 aromatic carbocycles. The maximum Gasteiger partial charge on any atom is 0.0649 e. The zero-order chi connectivity index (χ0) is 9.14. The molecule has 68 valence electrons. The minimum Gasteiger partial charge on any atom is -0.198 e. The smallest absolute Gasteiger partial charge is 0.0649 e. The van der Waals surface area contributed by atoms with Gasteiger partial charge in [-0.05, 0) is 44.4 Å². The largest absolute Gasteiger partial charge is 0.198 e. The van der Waals surface area contributed by atoms with Crippen molar-refractivity contribution in [2.24, 2.45) is 23.7 Å². The highest BCUT2D eigenvalue weighted by Gasteiger charge is 2.48. The van der Waals surface area contributed by atoms with Crippen LogP contribution in [0.2, 0.25) is 0 Å². The average molecular weight is 165 g/mol. The number of nitrogens with zero attached hydrogens (tertiary/aromatic N) is 1. The zero-order valence-corrected chi connectivity index (χ0v) is 8.38. The van der Waals surface area contributed by atoms with Crippen LogP contribution in [0.25, 0.3) is 0 Å². The molecule has 2 atom stereocenters. The van der Waals surface area contributed by atoms with E-state index >= 15 is 0 Å². The molecule has 0 saturated heterocycles. The van der Waals surface area contributed by atoms with Crippen molar-refractivity contribution in [1.82, 2.24) is 0 Å². The third-order valence-corrected chi connectivity index (χ3v) is 3.09. The summed E-state index contributed by atoms with van der Waals surface area (Å²) in [4.78, 5) is 0. The van der Waals surface area contributed by atoms with E-state index in [0.717, 1.165) is 5.92 Å². The summed E-state index contributed by atoms with van der Waals surface area (Å²) in [5, 5.41) is 7.89. The molecule has 0 aliphatic heterocycles. The van der Waals surface area contributed by atoms with Gasteiger partial charge in [-0.3, -0.25) is 0 Å². The minimum atomic E-state index is 0.190. The van der Waals surface area contributed by atoms with E-state index in [4.69, 9.17) is 5.26 Å². The van der Waals surface area contributed by atoms with Crippen LogP contribution in [-0.2, 0) is 0 Å². The highest BCUT2D eigenvalue weighted by molar-refractivity contribution is 4.98. The van der Waals surface area contributed by atoms with Gasteiger partial charge in [0.1, 0.15) is 0 Å². The van der Waals surface area contributed by atoms with Crippen LogP contribution in [0.3, 0.4) is 0 Å². The lowest BCUT2D eigenvalue weighted by Gasteiger charge is -1.89. The number of nitriles is 1. The predicted molar refractivity (Wildman–Crippen MR) is 50.4 cm³/mol. The van der Waals surface area contributed by atoms with Crippen LogP contribution < -0.4 is 0 Å². The van der Waals surface area contributed by atoms with E-state index in [-0.39, 0.29) is 5.92 Å². The second-order valence-electron chi connectivity index (χ2n) is 4.40. The first kappa shape index (κ1) is 9.58. The Kier molecular flexibility index (Phi) is 3.14. The summed E-state index contributed by atoms with van der Waals surface area (Å²) < 4.78 is 0. The van der Waals surface area contributed by atoms with Crippen molar-refractivity contribution in [1.29, 1.82) is 5.26 Å². The molecule has 2 saturated carbocycles. The molecule has 2 aliphatic carbocycles. The van der Waals surface area contributed by atoms with Crippen LogP contribution in [-0.4, -0.2) is 0 Å². The topological polar surface area (TPSA) is 23.8 Å². The Hall–Kier alpha value is -0.510. The fraction of sp³-hybridized carbons (Fsp3) is 0.909. The quantitative estimate of drug-likeness (QED) is 0.540. The summed E-state index contributed by atoms with van der Waals surface area (Å²) in [5.41, 5.74) is 0. The molecule has 2 aliphatic rings. The molecule has 0 aromatic heterocycles. The van der Waals surface area contributed by atoms with Crippen molar-refractivity contribution in [2.75, 3.05) is 0 Å². The molecule has 0 N–H and O–H groups in total. The molecule has 0 amide bonds. The molecule has 1 heteroatoms. The van der Waals surface area contributed by atoms with Gasteiger partial charge in [0.05, 0.1) is 6.07 Å². The van der Waals surface area contributed by atoms with Gasteiger partial charge in [-0.1, -0.05) is 13.3 Å². The summed E-state index contributed by atoms with van der Waals surface area (Å²) in [6.45, 7) is 6.12. The molecule has 0 radical (unpaired) electrons. The molecular weight excluding hydrogens is 146 g/mol. The number of rotatable bonds is 0. The third kappa shape index (κ3) is 2.24. The van der Waals surface area contributed by atoms with E-state index in [2.05, 4.69) is 6.92 Å². The van der Waals surface area contributed by atoms with Crippen molar-refractivity contribution in [2.45, 2.75) is 40.0 Å². The second kappa shape index (κ2) is 3.94. The first-order chi connectivity index (χ1) is 5.66. The van der Waals surface area contributed by atoms with Gasteiger partial charge in [-0.2, -0.15) is 5.26 Å². The molecule has 12 heavy (non-hydrogen) atoms. The van der Waals surface area contributed by atoms with Crippen LogP contribution in [0.4, 0.5) is 0 Å². The van der Waals surface area contributed by atoms with Crippen molar-refractivity contribution in [3.8, 4) is 6.07 Å². The van der Waals surface area contributed by atoms with Gasteiger partial charge in [0.2, 0.25) is 0 Å². The monoisotopic (exact) mass is 165 g/mol. The van der Waals surface area contributed by atoms with Gasteiger partial charge in [0, 0.05) is 5.92 Å². The molecule has 0 heterocycles. The van der Waals surface area contributed by atoms with E-state index in [9.17, 15) is 0 Å². The van der Waals surface area contributed by atoms with Gasteiger partial charge in [0.25, 0.3) is 0 Å². The Balaban J connectivity index is 0.000000130. The average Bonchev–Trinajstić information content (AvgIpc) is 2.56. The lowest BCUT2D eigenvalue weighted by Crippen LogP contribution is -1.77. The lowest BCUT2D eigenvalue weighted by atomic mass is 10.2. The van der Waals surface area contributed by atoms with Gasteiger partial charge in [-0.25, -0.2) is 0 Å². The first-order valence-electron chi connectivity index (χ1n) is 5.06. The molecule has 0 spiro atoms. The Morgan fingerprint density at radius 2 is 1.67 bits per heavy atom. The molecule has 2 unspecified atom stereocenters. The van der Waals surface area contributed by atoms with Crippen molar-refractivity contribution >= 4 is 0 Å². The maximum atomic E-state index is 7.89. The second-order valence-corrected chi connectivity index (χ2v) is 4.40. The van der Waals surface area contributed by atoms with Crippen molar-refractivity contribution in [3.63, 3.8) is 0 Å². The molecule has 0 aromatic rings. The molecule has 1 nitrogen and oxygen atoms in total. The number of hydrogen-bond donors (Lipinski definition) is 0. The highest BCUT2D eigenvalue weighted by atomic mass is 14.5. The van der Waals surface area contributed by atoms with Gasteiger partial charge in [-0.15, -0.1) is 0 Å². The van der Waals surface area contributed by atoms with E-state index in [1.807, 2.05) is 19.9 Å². The molecule has 2 fully saturated rings. The molecular formula is C11H19N. The summed E-state index contributed by atoms with van der Waals surface area (Å²) in [6.07, 6.45) is 4.62. The molecule has 2 rings (SSSR count). The summed E-state index contributed by atoms with van der Waals surface area (Å²) in [7, 11) is 0. The Bertz CT molecular complexity index is 168. The third-order valence-electron chi connectivity index (χ3n) is 3.09. The zero-order valence-electron chi connectivity index (χ0n) is 8.38. The first-order valence-corrected chi connectivity index (χ1v) is 5.06. The van der Waals surface area contributed by atoms with Gasteiger partial charge in [0.15, 0.2) is 0 Å². The fourth-order valence-corrected chi connectivity index (χ4v) is 2.18. The summed E-state index contributed by atoms with van der Waals surface area (Å²) in [6, 6.07) is 2.03. The Labute approximate surface area is 75.8 Å². The van der Waals surface area contributed by atoms with Gasteiger partial charge < -0.3 is 0 Å². The van der Waals surface area contributed by atoms with Crippen LogP contribution >= 0.6 is 0 Å². The van der Waals surface area contributed by atoms with Gasteiger partial charge >= 0.3 is 0 Å². The molecule has 0 bridgehead atoms. The normalized spacial score (nSPS) is 36.4. The van der Waals surface area contributed by atoms with E-state index < -0.39 is 0 Å². The van der Waals surface area contributed by atoms with E-state index in [1.54, 1.807) is 12.8 Å². The van der Waals surface area contributed by atoms with Crippen LogP contribution in [0.5, 0.6) is 0 Å². The van der Waals surface area contributed by atoms with E-state index in [1.165, 1.54) is 18.3 Å². The summed E-state index contributed by atoms with van der Waals surface area (Å²) >= 11 is 0. The predicted octanol–water partition coefficient (Wildman–Crippen LogP) is 3.22. The Morgan fingerprint density at radius 3 is 1.83 bits per heavy atom. The standard InChI is InChI=1S/C7H12.C4H7N/c1-5-6-3-2-4-7(5)6;1-4(2)3-5/h5-7H,2-4H2,1H3;4H,1-2H3. The fourth-order valence-electron chi connectivity index (χ4n) is 2.18. The van der Waals surface area contributed by atoms with Crippen molar-refractivity contribution < 1.29 is 0 Å². The van der Waals surface area contributed by atoms with E-state index in [0.29, 0.717) is 0 Å². The lowest BCUT2D eigenvalue weighted by molar-refractivity contribution is 0.628. The minimum absolute atomic E-state index is 0.190. The van der Waals surface area contributed by atoms with Crippen LogP contribution in [0, 0.1) is 35.0 Å². The number of fused-ring (bicyclic) bond motifs is 1. The Morgan fingerprint density at radius 1 is 1.25 bits per heavy atom. The summed E-state index contributed by atoms with van der Waals surface area (Å²) in [5.74, 6) is 3.67. The highest BCUT2D eigenvalue weighted by Crippen LogP contribution is 2.56. The van der Waals surface area contributed by atoms with Crippen LogP contribution in [0.15, 0.2) is 0 Å². The van der Waals surface area contributed by atoms with Crippen molar-refractivity contribution in [3.05, 3.63) is 0 Å². The SMILES string of the molecule is CC(C)C#N.CC1C2CCCC12. The van der Waals surface area contributed by atoms with Crippen LogP contribution in [0.1, 0.15) is 40.0 Å².